The molecule has 8 heteroatoms. The number of benzene rings is 2. The lowest BCUT2D eigenvalue weighted by atomic mass is 10.2. The average Bonchev–Trinajstić information content (AvgIpc) is 2.68. The first-order valence-corrected chi connectivity index (χ1v) is 9.92. The van der Waals surface area contributed by atoms with Crippen molar-refractivity contribution in [2.75, 3.05) is 38.2 Å². The number of hydrogen-bond donors (Lipinski definition) is 0. The van der Waals surface area contributed by atoms with Gasteiger partial charge in [-0.3, -0.25) is 0 Å². The molecule has 2 aromatic rings. The van der Waals surface area contributed by atoms with Crippen molar-refractivity contribution in [3.63, 3.8) is 0 Å². The second kappa shape index (κ2) is 7.65. The lowest BCUT2D eigenvalue weighted by Gasteiger charge is -2.35. The second-order valence-electron chi connectivity index (χ2n) is 5.88. The minimum Gasteiger partial charge on any atom is -0.465 e. The molecule has 1 aliphatic rings. The van der Waals surface area contributed by atoms with Gasteiger partial charge in [-0.25, -0.2) is 13.2 Å². The SMILES string of the molecule is COC(=O)c1ccc(S(=O)(=O)N2CCN(c3ccc(Cl)cc3)CC2)cc1. The summed E-state index contributed by atoms with van der Waals surface area (Å²) in [5.41, 5.74) is 1.34. The van der Waals surface area contributed by atoms with Gasteiger partial charge in [-0.05, 0) is 48.5 Å². The van der Waals surface area contributed by atoms with Crippen LogP contribution in [0.2, 0.25) is 5.02 Å². The molecule has 3 rings (SSSR count). The number of rotatable bonds is 4. The number of hydrogen-bond acceptors (Lipinski definition) is 5. The van der Waals surface area contributed by atoms with Gasteiger partial charge in [-0.1, -0.05) is 11.6 Å². The van der Waals surface area contributed by atoms with Gasteiger partial charge in [0.25, 0.3) is 0 Å². The highest BCUT2D eigenvalue weighted by Crippen LogP contribution is 2.23. The van der Waals surface area contributed by atoms with E-state index in [0.29, 0.717) is 36.8 Å². The van der Waals surface area contributed by atoms with E-state index in [1.54, 1.807) is 0 Å². The number of halogens is 1. The first-order valence-electron chi connectivity index (χ1n) is 8.11. The molecular formula is C18H19ClN2O4S. The fourth-order valence-electron chi connectivity index (χ4n) is 2.87. The number of carbonyl (C=O) groups excluding carboxylic acids is 1. The molecular weight excluding hydrogens is 376 g/mol. The summed E-state index contributed by atoms with van der Waals surface area (Å²) >= 11 is 5.91. The third-order valence-electron chi connectivity index (χ3n) is 4.34. The highest BCUT2D eigenvalue weighted by atomic mass is 35.5. The summed E-state index contributed by atoms with van der Waals surface area (Å²) in [7, 11) is -2.31. The van der Waals surface area contributed by atoms with Gasteiger partial charge in [0.15, 0.2) is 0 Å². The number of piperazine rings is 1. The highest BCUT2D eigenvalue weighted by Gasteiger charge is 2.28. The summed E-state index contributed by atoms with van der Waals surface area (Å²) in [6.07, 6.45) is 0. The maximum atomic E-state index is 12.8. The number of anilines is 1. The van der Waals surface area contributed by atoms with E-state index in [1.807, 2.05) is 24.3 Å². The molecule has 0 saturated carbocycles. The minimum atomic E-state index is -3.59. The summed E-state index contributed by atoms with van der Waals surface area (Å²) < 4.78 is 31.7. The van der Waals surface area contributed by atoms with Crippen LogP contribution in [0.5, 0.6) is 0 Å². The van der Waals surface area contributed by atoms with Crippen molar-refractivity contribution < 1.29 is 17.9 Å². The number of nitrogens with zero attached hydrogens (tertiary/aromatic N) is 2. The molecule has 2 aromatic carbocycles. The Labute approximate surface area is 158 Å². The minimum absolute atomic E-state index is 0.171. The van der Waals surface area contributed by atoms with Crippen molar-refractivity contribution in [3.05, 3.63) is 59.1 Å². The Morgan fingerprint density at radius 3 is 2.08 bits per heavy atom. The molecule has 1 saturated heterocycles. The average molecular weight is 395 g/mol. The summed E-state index contributed by atoms with van der Waals surface area (Å²) in [6.45, 7) is 1.98. The van der Waals surface area contributed by atoms with Crippen LogP contribution in [0.25, 0.3) is 0 Å². The predicted octanol–water partition coefficient (Wildman–Crippen LogP) is 2.64. The van der Waals surface area contributed by atoms with E-state index in [9.17, 15) is 13.2 Å². The Hall–Kier alpha value is -2.09. The van der Waals surface area contributed by atoms with Crippen molar-refractivity contribution in [2.24, 2.45) is 0 Å². The zero-order valence-electron chi connectivity index (χ0n) is 14.3. The van der Waals surface area contributed by atoms with E-state index in [0.717, 1.165) is 5.69 Å². The topological polar surface area (TPSA) is 66.9 Å². The summed E-state index contributed by atoms with van der Waals surface area (Å²) in [4.78, 5) is 13.8. The number of ether oxygens (including phenoxy) is 1. The second-order valence-corrected chi connectivity index (χ2v) is 8.26. The summed E-state index contributed by atoms with van der Waals surface area (Å²) in [5.74, 6) is -0.495. The van der Waals surface area contributed by atoms with Crippen molar-refractivity contribution in [1.29, 1.82) is 0 Å². The Morgan fingerprint density at radius 2 is 1.54 bits per heavy atom. The van der Waals surface area contributed by atoms with Crippen LogP contribution in [0.15, 0.2) is 53.4 Å². The highest BCUT2D eigenvalue weighted by molar-refractivity contribution is 7.89. The Balaban J connectivity index is 1.69. The molecule has 0 spiro atoms. The van der Waals surface area contributed by atoms with Crippen LogP contribution in [0.3, 0.4) is 0 Å². The normalized spacial score (nSPS) is 15.7. The van der Waals surface area contributed by atoms with Gasteiger partial charge in [0.05, 0.1) is 17.6 Å². The molecule has 0 aromatic heterocycles. The molecule has 0 atom stereocenters. The van der Waals surface area contributed by atoms with E-state index < -0.39 is 16.0 Å². The van der Waals surface area contributed by atoms with Crippen molar-refractivity contribution >= 4 is 33.3 Å². The van der Waals surface area contributed by atoms with Gasteiger partial charge < -0.3 is 9.64 Å². The van der Waals surface area contributed by atoms with Crippen LogP contribution in [-0.4, -0.2) is 52.0 Å². The number of sulfonamides is 1. The molecule has 6 nitrogen and oxygen atoms in total. The maximum absolute atomic E-state index is 12.8. The van der Waals surface area contributed by atoms with Crippen molar-refractivity contribution in [2.45, 2.75) is 4.90 Å². The quantitative estimate of drug-likeness (QED) is 0.746. The Morgan fingerprint density at radius 1 is 0.962 bits per heavy atom. The lowest BCUT2D eigenvalue weighted by molar-refractivity contribution is 0.0600. The molecule has 1 heterocycles. The van der Waals surface area contributed by atoms with Gasteiger partial charge in [-0.15, -0.1) is 0 Å². The van der Waals surface area contributed by atoms with Crippen LogP contribution in [0.4, 0.5) is 5.69 Å². The van der Waals surface area contributed by atoms with Crippen molar-refractivity contribution in [3.8, 4) is 0 Å². The maximum Gasteiger partial charge on any atom is 0.337 e. The molecule has 138 valence electrons. The summed E-state index contributed by atoms with van der Waals surface area (Å²) in [6, 6.07) is 13.3. The molecule has 0 unspecified atom stereocenters. The molecule has 0 aliphatic carbocycles. The monoisotopic (exact) mass is 394 g/mol. The summed E-state index contributed by atoms with van der Waals surface area (Å²) in [5, 5.41) is 0.672. The first-order chi connectivity index (χ1) is 12.4. The fraction of sp³-hybridized carbons (Fsp3) is 0.278. The third kappa shape index (κ3) is 3.85. The molecule has 0 radical (unpaired) electrons. The lowest BCUT2D eigenvalue weighted by Crippen LogP contribution is -2.48. The first kappa shape index (κ1) is 18.7. The Bertz CT molecular complexity index is 874. The third-order valence-corrected chi connectivity index (χ3v) is 6.51. The zero-order valence-corrected chi connectivity index (χ0v) is 15.8. The van der Waals surface area contributed by atoms with E-state index >= 15 is 0 Å². The van der Waals surface area contributed by atoms with E-state index in [-0.39, 0.29) is 4.90 Å². The zero-order chi connectivity index (χ0) is 18.7. The molecule has 0 N–H and O–H groups in total. The van der Waals surface area contributed by atoms with Gasteiger partial charge in [-0.2, -0.15) is 4.31 Å². The van der Waals surface area contributed by atoms with E-state index in [2.05, 4.69) is 9.64 Å². The van der Waals surface area contributed by atoms with E-state index in [1.165, 1.54) is 35.7 Å². The van der Waals surface area contributed by atoms with Gasteiger partial charge in [0.1, 0.15) is 0 Å². The van der Waals surface area contributed by atoms with Gasteiger partial charge in [0.2, 0.25) is 10.0 Å². The fourth-order valence-corrected chi connectivity index (χ4v) is 4.42. The number of carbonyl (C=O) groups is 1. The van der Waals surface area contributed by atoms with Crippen molar-refractivity contribution in [1.82, 2.24) is 4.31 Å². The molecule has 0 amide bonds. The van der Waals surface area contributed by atoms with Crippen LogP contribution in [0, 0.1) is 0 Å². The smallest absolute Gasteiger partial charge is 0.337 e. The van der Waals surface area contributed by atoms with E-state index in [4.69, 9.17) is 11.6 Å². The predicted molar refractivity (Wildman–Crippen MR) is 100 cm³/mol. The standard InChI is InChI=1S/C18H19ClN2O4S/c1-25-18(22)14-2-8-17(9-3-14)26(23,24)21-12-10-20(11-13-21)16-6-4-15(19)5-7-16/h2-9H,10-13H2,1H3. The Kier molecular flexibility index (Phi) is 5.50. The number of methoxy groups -OCH3 is 1. The molecule has 26 heavy (non-hydrogen) atoms. The number of esters is 1. The van der Waals surface area contributed by atoms with Crippen LogP contribution >= 0.6 is 11.6 Å². The molecule has 1 aliphatic heterocycles. The van der Waals surface area contributed by atoms with Gasteiger partial charge >= 0.3 is 5.97 Å². The van der Waals surface area contributed by atoms with Crippen LogP contribution < -0.4 is 4.90 Å². The van der Waals surface area contributed by atoms with Gasteiger partial charge in [0, 0.05) is 36.9 Å². The molecule has 0 bridgehead atoms. The largest absolute Gasteiger partial charge is 0.465 e. The van der Waals surface area contributed by atoms with Crippen LogP contribution in [-0.2, 0) is 14.8 Å². The molecule has 1 fully saturated rings. The van der Waals surface area contributed by atoms with Crippen LogP contribution in [0.1, 0.15) is 10.4 Å².